The van der Waals surface area contributed by atoms with Gasteiger partial charge in [-0.25, -0.2) is 8.78 Å². The van der Waals surface area contributed by atoms with Gasteiger partial charge in [-0.3, -0.25) is 10.3 Å². The second-order valence-corrected chi connectivity index (χ2v) is 8.70. The molecule has 1 saturated heterocycles. The lowest BCUT2D eigenvalue weighted by atomic mass is 9.98. The van der Waals surface area contributed by atoms with Crippen LogP contribution >= 0.6 is 12.2 Å². The number of hydrogen-bond acceptors (Lipinski definition) is 4. The zero-order chi connectivity index (χ0) is 22.4. The van der Waals surface area contributed by atoms with Crippen molar-refractivity contribution in [3.05, 3.63) is 65.2 Å². The number of nitrogens with one attached hydrogen (secondary N) is 1. The van der Waals surface area contributed by atoms with Gasteiger partial charge in [-0.15, -0.1) is 0 Å². The van der Waals surface area contributed by atoms with E-state index in [0.717, 1.165) is 26.1 Å². The number of halogens is 2. The average Bonchev–Trinajstić information content (AvgIpc) is 2.69. The minimum Gasteiger partial charge on any atom is -0.375 e. The summed E-state index contributed by atoms with van der Waals surface area (Å²) in [5.41, 5.74) is 9.25. The van der Waals surface area contributed by atoms with E-state index in [9.17, 15) is 0 Å². The lowest BCUT2D eigenvalue weighted by molar-refractivity contribution is 0.201. The second-order valence-electron chi connectivity index (χ2n) is 8.26. The Balaban J connectivity index is 1.80. The molecular formula is C23H29F2N5S. The van der Waals surface area contributed by atoms with Gasteiger partial charge in [0.1, 0.15) is 17.3 Å². The molecule has 1 heterocycles. The van der Waals surface area contributed by atoms with Crippen LogP contribution in [0.25, 0.3) is 0 Å². The first-order valence-electron chi connectivity index (χ1n) is 10.4. The zero-order valence-electron chi connectivity index (χ0n) is 17.9. The maximum atomic E-state index is 15.0. The largest absolute Gasteiger partial charge is 0.375 e. The summed E-state index contributed by atoms with van der Waals surface area (Å²) in [6.45, 7) is 7.16. The normalized spacial score (nSPS) is 17.5. The zero-order valence-corrected chi connectivity index (χ0v) is 18.7. The molecule has 0 bridgehead atoms. The fourth-order valence-electron chi connectivity index (χ4n) is 4.05. The highest BCUT2D eigenvalue weighted by Gasteiger charge is 2.31. The van der Waals surface area contributed by atoms with Gasteiger partial charge in [0.25, 0.3) is 0 Å². The summed E-state index contributed by atoms with van der Waals surface area (Å²) in [4.78, 5) is 4.25. The molecule has 0 radical (unpaired) electrons. The molecule has 0 saturated carbocycles. The molecule has 0 aliphatic carbocycles. The highest BCUT2D eigenvalue weighted by molar-refractivity contribution is 7.80. The number of hydrazone groups is 1. The van der Waals surface area contributed by atoms with E-state index in [1.165, 1.54) is 23.9 Å². The molecule has 0 spiro atoms. The molecule has 0 aromatic heterocycles. The van der Waals surface area contributed by atoms with Crippen LogP contribution in [0.4, 0.5) is 14.5 Å². The van der Waals surface area contributed by atoms with Gasteiger partial charge >= 0.3 is 0 Å². The van der Waals surface area contributed by atoms with Crippen molar-refractivity contribution in [3.63, 3.8) is 0 Å². The molecule has 2 aromatic carbocycles. The van der Waals surface area contributed by atoms with Crippen LogP contribution in [-0.2, 0) is 6.54 Å². The number of nitrogens with zero attached hydrogens (tertiary/aromatic N) is 3. The van der Waals surface area contributed by atoms with Crippen molar-refractivity contribution >= 4 is 29.2 Å². The van der Waals surface area contributed by atoms with Crippen molar-refractivity contribution in [2.75, 3.05) is 24.5 Å². The topological polar surface area (TPSA) is 56.9 Å². The highest BCUT2D eigenvalue weighted by atomic mass is 32.1. The molecule has 1 aliphatic rings. The lowest BCUT2D eigenvalue weighted by Crippen LogP contribution is -2.54. The maximum Gasteiger partial charge on any atom is 0.184 e. The van der Waals surface area contributed by atoms with E-state index in [4.69, 9.17) is 5.73 Å². The predicted octanol–water partition coefficient (Wildman–Crippen LogP) is 3.87. The van der Waals surface area contributed by atoms with Crippen LogP contribution in [0.3, 0.4) is 0 Å². The van der Waals surface area contributed by atoms with Gasteiger partial charge in [0, 0.05) is 37.8 Å². The van der Waals surface area contributed by atoms with Crippen LogP contribution in [-0.4, -0.2) is 41.9 Å². The van der Waals surface area contributed by atoms with E-state index in [-0.39, 0.29) is 16.8 Å². The van der Waals surface area contributed by atoms with Gasteiger partial charge in [-0.1, -0.05) is 44.2 Å². The summed E-state index contributed by atoms with van der Waals surface area (Å²) in [7, 11) is 0. The van der Waals surface area contributed by atoms with Crippen LogP contribution in [0.1, 0.15) is 31.4 Å². The van der Waals surface area contributed by atoms with Gasteiger partial charge in [0.15, 0.2) is 5.11 Å². The quantitative estimate of drug-likeness (QED) is 0.385. The van der Waals surface area contributed by atoms with Crippen LogP contribution < -0.4 is 16.1 Å². The molecule has 31 heavy (non-hydrogen) atoms. The molecule has 3 rings (SSSR count). The smallest absolute Gasteiger partial charge is 0.184 e. The summed E-state index contributed by atoms with van der Waals surface area (Å²) in [6, 6.07) is 12.9. The van der Waals surface area contributed by atoms with Gasteiger partial charge in [0.2, 0.25) is 0 Å². The van der Waals surface area contributed by atoms with Crippen LogP contribution in [0.15, 0.2) is 47.6 Å². The molecule has 0 unspecified atom stereocenters. The van der Waals surface area contributed by atoms with Crippen LogP contribution in [0.5, 0.6) is 0 Å². The predicted molar refractivity (Wildman–Crippen MR) is 126 cm³/mol. The Morgan fingerprint density at radius 2 is 1.90 bits per heavy atom. The monoisotopic (exact) mass is 445 g/mol. The molecule has 8 heteroatoms. The minimum absolute atomic E-state index is 0.0151. The SMILES string of the molecule is CC(C)C[C@H]1CN(Cc2ccccc2)CCN1c1c(F)cc(/C=N/NC(N)=S)cc1F. The molecule has 2 aromatic rings. The van der Waals surface area contributed by atoms with Gasteiger partial charge in [-0.2, -0.15) is 5.10 Å². The number of nitrogens with two attached hydrogens (primary N) is 1. The van der Waals surface area contributed by atoms with Gasteiger partial charge < -0.3 is 10.6 Å². The second kappa shape index (κ2) is 10.6. The molecule has 3 N–H and O–H groups in total. The van der Waals surface area contributed by atoms with Crippen molar-refractivity contribution < 1.29 is 8.78 Å². The van der Waals surface area contributed by atoms with Crippen molar-refractivity contribution in [2.24, 2.45) is 16.8 Å². The number of hydrogen-bond donors (Lipinski definition) is 2. The third-order valence-electron chi connectivity index (χ3n) is 5.27. The number of benzene rings is 2. The third kappa shape index (κ3) is 6.45. The van der Waals surface area contributed by atoms with E-state index in [1.807, 2.05) is 23.1 Å². The number of anilines is 1. The van der Waals surface area contributed by atoms with Crippen LogP contribution in [0, 0.1) is 17.6 Å². The van der Waals surface area contributed by atoms with Crippen molar-refractivity contribution in [2.45, 2.75) is 32.9 Å². The van der Waals surface area contributed by atoms with Gasteiger partial charge in [0.05, 0.1) is 6.21 Å². The van der Waals surface area contributed by atoms with Crippen molar-refractivity contribution in [1.82, 2.24) is 10.3 Å². The van der Waals surface area contributed by atoms with E-state index >= 15 is 8.78 Å². The molecule has 1 atom stereocenters. The maximum absolute atomic E-state index is 15.0. The summed E-state index contributed by atoms with van der Waals surface area (Å²) in [5, 5.41) is 3.76. The molecule has 1 aliphatic heterocycles. The van der Waals surface area contributed by atoms with Crippen LogP contribution in [0.2, 0.25) is 0 Å². The number of thiocarbonyl (C=S) groups is 1. The Bertz CT molecular complexity index is 896. The fraction of sp³-hybridized carbons (Fsp3) is 0.391. The van der Waals surface area contributed by atoms with E-state index in [1.54, 1.807) is 0 Å². The Labute approximate surface area is 187 Å². The third-order valence-corrected chi connectivity index (χ3v) is 5.37. The molecule has 1 fully saturated rings. The van der Waals surface area contributed by atoms with Gasteiger partial charge in [-0.05, 0) is 42.3 Å². The summed E-state index contributed by atoms with van der Waals surface area (Å²) in [5.74, 6) is -0.781. The number of piperazine rings is 1. The summed E-state index contributed by atoms with van der Waals surface area (Å²) >= 11 is 4.66. The summed E-state index contributed by atoms with van der Waals surface area (Å²) < 4.78 is 30.0. The lowest BCUT2D eigenvalue weighted by Gasteiger charge is -2.43. The number of rotatable bonds is 7. The average molecular weight is 446 g/mol. The molecular weight excluding hydrogens is 416 g/mol. The van der Waals surface area contributed by atoms with Crippen molar-refractivity contribution in [3.8, 4) is 0 Å². The first-order chi connectivity index (χ1) is 14.8. The highest BCUT2D eigenvalue weighted by Crippen LogP contribution is 2.30. The van der Waals surface area contributed by atoms with Crippen molar-refractivity contribution in [1.29, 1.82) is 0 Å². The Morgan fingerprint density at radius 3 is 2.52 bits per heavy atom. The summed E-state index contributed by atoms with van der Waals surface area (Å²) in [6.07, 6.45) is 2.14. The minimum atomic E-state index is -0.595. The van der Waals surface area contributed by atoms with E-state index < -0.39 is 11.6 Å². The molecule has 0 amide bonds. The standard InChI is InChI=1S/C23H29F2N5S/c1-16(2)10-19-15-29(14-17-6-4-3-5-7-17)8-9-30(19)22-20(24)11-18(12-21(22)25)13-27-28-23(26)31/h3-7,11-13,16,19H,8-10,14-15H2,1-2H3,(H3,26,28,31)/b27-13+/t19-/m0/s1. The Hall–Kier alpha value is -2.58. The van der Waals surface area contributed by atoms with E-state index in [2.05, 4.69) is 53.6 Å². The Kier molecular flexibility index (Phi) is 7.92. The fourth-order valence-corrected chi connectivity index (χ4v) is 4.10. The Morgan fingerprint density at radius 1 is 1.23 bits per heavy atom. The van der Waals surface area contributed by atoms with E-state index in [0.29, 0.717) is 18.0 Å². The molecule has 5 nitrogen and oxygen atoms in total. The first kappa shape index (κ1) is 23.1. The molecule has 166 valence electrons. The first-order valence-corrected chi connectivity index (χ1v) is 10.8.